The second-order valence-electron chi connectivity index (χ2n) is 4.20. The zero-order chi connectivity index (χ0) is 17.8. The molecule has 0 bridgehead atoms. The van der Waals surface area contributed by atoms with E-state index in [1.807, 2.05) is 35.7 Å². The van der Waals surface area contributed by atoms with Gasteiger partial charge in [-0.3, -0.25) is 4.79 Å². The average molecular weight is 345 g/mol. The van der Waals surface area contributed by atoms with E-state index in [-0.39, 0.29) is 6.29 Å². The van der Waals surface area contributed by atoms with Gasteiger partial charge < -0.3 is 20.4 Å². The van der Waals surface area contributed by atoms with E-state index in [0.717, 1.165) is 16.3 Å². The number of rotatable bonds is 6. The van der Waals surface area contributed by atoms with Crippen molar-refractivity contribution < 1.29 is 19.4 Å². The fourth-order valence-electron chi connectivity index (χ4n) is 1.36. The van der Waals surface area contributed by atoms with Gasteiger partial charge in [0.2, 0.25) is 0 Å². The summed E-state index contributed by atoms with van der Waals surface area (Å²) in [6, 6.07) is 8.30. The molecule has 3 N–H and O–H groups in total. The molecular formula is C16H15N3O4S. The van der Waals surface area contributed by atoms with Gasteiger partial charge in [0, 0.05) is 23.2 Å². The number of benzene rings is 1. The van der Waals surface area contributed by atoms with Gasteiger partial charge in [-0.25, -0.2) is 4.98 Å². The minimum atomic E-state index is -1.36. The van der Waals surface area contributed by atoms with Gasteiger partial charge >= 0.3 is 5.97 Å². The Hall–Kier alpha value is -3.02. The molecule has 8 heteroatoms. The van der Waals surface area contributed by atoms with Gasteiger partial charge in [0.05, 0.1) is 6.07 Å². The van der Waals surface area contributed by atoms with Gasteiger partial charge in [0.25, 0.3) is 0 Å². The number of hydrogen-bond donors (Lipinski definition) is 2. The second-order valence-corrected chi connectivity index (χ2v) is 5.10. The average Bonchev–Trinajstić information content (AvgIpc) is 3.13. The van der Waals surface area contributed by atoms with Crippen LogP contribution in [0.3, 0.4) is 0 Å². The fourth-order valence-corrected chi connectivity index (χ4v) is 2.01. The van der Waals surface area contributed by atoms with Gasteiger partial charge in [-0.2, -0.15) is 5.26 Å². The molecule has 1 unspecified atom stereocenters. The van der Waals surface area contributed by atoms with Crippen LogP contribution in [0.1, 0.15) is 0 Å². The van der Waals surface area contributed by atoms with Gasteiger partial charge in [-0.1, -0.05) is 0 Å². The maximum absolute atomic E-state index is 9.57. The number of carbonyl (C=O) groups excluding carboxylic acids is 1. The molecule has 0 saturated heterocycles. The standard InChI is InChI=1S/C13H10N2OS.C3H5NO3/c14-7-1-2-9-16-12-5-3-11(4-6-12)13-15-8-10-17-13;4-2(1-5)3(6)7/h1-6,8,10H,9H2;1-2H,4H2,(H,6,7). The highest BCUT2D eigenvalue weighted by Gasteiger charge is 2.06. The molecule has 1 atom stereocenters. The SMILES string of the molecule is N#CC=CCOc1ccc(-c2nccs2)cc1.NC(C=O)C(=O)O. The van der Waals surface area contributed by atoms with Crippen LogP contribution in [0, 0.1) is 11.3 Å². The van der Waals surface area contributed by atoms with Crippen molar-refractivity contribution in [3.63, 3.8) is 0 Å². The summed E-state index contributed by atoms with van der Waals surface area (Å²) in [5, 5.41) is 19.1. The number of nitriles is 1. The maximum Gasteiger partial charge on any atom is 0.327 e. The number of hydrogen-bond acceptors (Lipinski definition) is 7. The third kappa shape index (κ3) is 6.83. The van der Waals surface area contributed by atoms with Crippen molar-refractivity contribution in [3.8, 4) is 22.4 Å². The number of aldehydes is 1. The van der Waals surface area contributed by atoms with Gasteiger partial charge in [0.15, 0.2) is 6.04 Å². The van der Waals surface area contributed by atoms with Crippen LogP contribution in [0.2, 0.25) is 0 Å². The summed E-state index contributed by atoms with van der Waals surface area (Å²) in [5.74, 6) is -0.511. The third-order valence-electron chi connectivity index (χ3n) is 2.50. The molecule has 1 aromatic carbocycles. The predicted octanol–water partition coefficient (Wildman–Crippen LogP) is 1.87. The first-order valence-electron chi connectivity index (χ1n) is 6.69. The number of nitrogens with two attached hydrogens (primary N) is 1. The van der Waals surface area contributed by atoms with E-state index >= 15 is 0 Å². The molecule has 0 aliphatic carbocycles. The first kappa shape index (κ1) is 19.0. The quantitative estimate of drug-likeness (QED) is 0.465. The molecule has 0 radical (unpaired) electrons. The van der Waals surface area contributed by atoms with Crippen LogP contribution in [0.4, 0.5) is 0 Å². The van der Waals surface area contributed by atoms with E-state index in [1.165, 1.54) is 6.08 Å². The number of ether oxygens (including phenoxy) is 1. The Morgan fingerprint density at radius 2 is 2.17 bits per heavy atom. The Bertz CT molecular complexity index is 706. The Morgan fingerprint density at radius 1 is 1.46 bits per heavy atom. The van der Waals surface area contributed by atoms with Crippen LogP contribution in [0.5, 0.6) is 5.75 Å². The van der Waals surface area contributed by atoms with Crippen molar-refractivity contribution in [1.29, 1.82) is 5.26 Å². The van der Waals surface area contributed by atoms with E-state index in [4.69, 9.17) is 15.1 Å². The van der Waals surface area contributed by atoms with Crippen molar-refractivity contribution >= 4 is 23.6 Å². The number of allylic oxidation sites excluding steroid dienone is 1. The molecule has 124 valence electrons. The van der Waals surface area contributed by atoms with Gasteiger partial charge in [0.1, 0.15) is 23.7 Å². The molecular weight excluding hydrogens is 330 g/mol. The summed E-state index contributed by atoms with van der Waals surface area (Å²) in [7, 11) is 0. The monoisotopic (exact) mass is 345 g/mol. The number of thiazole rings is 1. The third-order valence-corrected chi connectivity index (χ3v) is 3.33. The molecule has 1 aromatic heterocycles. The van der Waals surface area contributed by atoms with Crippen molar-refractivity contribution in [3.05, 3.63) is 48.0 Å². The van der Waals surface area contributed by atoms with E-state index < -0.39 is 12.0 Å². The van der Waals surface area contributed by atoms with Gasteiger partial charge in [-0.15, -0.1) is 11.3 Å². The lowest BCUT2D eigenvalue weighted by molar-refractivity contribution is -0.139. The topological polar surface area (TPSA) is 126 Å². The lowest BCUT2D eigenvalue weighted by Crippen LogP contribution is -2.31. The fraction of sp³-hybridized carbons (Fsp3) is 0.125. The number of aliphatic carboxylic acids is 1. The number of nitrogens with zero attached hydrogens (tertiary/aromatic N) is 2. The van der Waals surface area contributed by atoms with Crippen molar-refractivity contribution in [2.45, 2.75) is 6.04 Å². The Balaban J connectivity index is 0.000000351. The highest BCUT2D eigenvalue weighted by atomic mass is 32.1. The molecule has 1 heterocycles. The molecule has 2 aromatic rings. The zero-order valence-corrected chi connectivity index (χ0v) is 13.3. The molecule has 0 aliphatic rings. The smallest absolute Gasteiger partial charge is 0.327 e. The molecule has 0 fully saturated rings. The predicted molar refractivity (Wildman–Crippen MR) is 89.5 cm³/mol. The summed E-state index contributed by atoms with van der Waals surface area (Å²) in [4.78, 5) is 23.2. The summed E-state index contributed by atoms with van der Waals surface area (Å²) in [6.45, 7) is 0.407. The van der Waals surface area contributed by atoms with Crippen LogP contribution in [0.15, 0.2) is 48.0 Å². The Labute approximate surface area is 142 Å². The number of carbonyl (C=O) groups is 2. The first-order valence-corrected chi connectivity index (χ1v) is 7.57. The summed E-state index contributed by atoms with van der Waals surface area (Å²) >= 11 is 1.61. The Kier molecular flexibility index (Phi) is 8.45. The minimum Gasteiger partial charge on any atom is -0.490 e. The van der Waals surface area contributed by atoms with E-state index in [0.29, 0.717) is 6.61 Å². The molecule has 7 nitrogen and oxygen atoms in total. The van der Waals surface area contributed by atoms with Crippen molar-refractivity contribution in [2.75, 3.05) is 6.61 Å². The highest BCUT2D eigenvalue weighted by molar-refractivity contribution is 7.13. The lowest BCUT2D eigenvalue weighted by atomic mass is 10.2. The Morgan fingerprint density at radius 3 is 2.62 bits per heavy atom. The zero-order valence-electron chi connectivity index (χ0n) is 12.5. The summed E-state index contributed by atoms with van der Waals surface area (Å²) in [6.07, 6.45) is 5.04. The van der Waals surface area contributed by atoms with Crippen molar-refractivity contribution in [1.82, 2.24) is 4.98 Å². The van der Waals surface area contributed by atoms with Crippen LogP contribution < -0.4 is 10.5 Å². The van der Waals surface area contributed by atoms with E-state index in [1.54, 1.807) is 23.6 Å². The molecule has 0 spiro atoms. The van der Waals surface area contributed by atoms with Gasteiger partial charge in [-0.05, 0) is 30.3 Å². The van der Waals surface area contributed by atoms with Crippen LogP contribution in [0.25, 0.3) is 10.6 Å². The van der Waals surface area contributed by atoms with Crippen molar-refractivity contribution in [2.24, 2.45) is 5.73 Å². The molecule has 2 rings (SSSR count). The summed E-state index contributed by atoms with van der Waals surface area (Å²) < 4.78 is 5.43. The minimum absolute atomic E-state index is 0.169. The van der Waals surface area contributed by atoms with Crippen LogP contribution >= 0.6 is 11.3 Å². The largest absolute Gasteiger partial charge is 0.490 e. The molecule has 0 aliphatic heterocycles. The maximum atomic E-state index is 9.57. The highest BCUT2D eigenvalue weighted by Crippen LogP contribution is 2.23. The lowest BCUT2D eigenvalue weighted by Gasteiger charge is -2.03. The normalized spacial score (nSPS) is 11.0. The molecule has 0 amide bonds. The number of carboxylic acid groups (broad SMARTS) is 1. The first-order chi connectivity index (χ1) is 11.6. The second kappa shape index (κ2) is 10.7. The van der Waals surface area contributed by atoms with Crippen LogP contribution in [-0.2, 0) is 9.59 Å². The van der Waals surface area contributed by atoms with E-state index in [2.05, 4.69) is 10.7 Å². The molecule has 0 saturated carbocycles. The van der Waals surface area contributed by atoms with Crippen LogP contribution in [-0.4, -0.2) is 35.0 Å². The summed E-state index contributed by atoms with van der Waals surface area (Å²) in [5.41, 5.74) is 5.73. The number of aromatic nitrogens is 1. The molecule has 24 heavy (non-hydrogen) atoms. The number of carboxylic acids is 1. The van der Waals surface area contributed by atoms with E-state index in [9.17, 15) is 9.59 Å².